The van der Waals surface area contributed by atoms with Gasteiger partial charge < -0.3 is 0 Å². The highest BCUT2D eigenvalue weighted by atomic mass is 31.2. The second-order valence-corrected chi connectivity index (χ2v) is 9.04. The van der Waals surface area contributed by atoms with Crippen LogP contribution in [0.15, 0.2) is 60.7 Å². The van der Waals surface area contributed by atoms with E-state index in [9.17, 15) is 0 Å². The average Bonchev–Trinajstić information content (AvgIpc) is 3.07. The third-order valence-electron chi connectivity index (χ3n) is 4.47. The van der Waals surface area contributed by atoms with Gasteiger partial charge in [-0.2, -0.15) is 9.05 Å². The molecular formula is C18H21NO2P+. The molecule has 0 radical (unpaired) electrons. The average molecular weight is 314 g/mol. The van der Waals surface area contributed by atoms with Crippen LogP contribution in [-0.2, 0) is 9.05 Å². The number of fused-ring (bicyclic) bond motifs is 1. The van der Waals surface area contributed by atoms with Crippen molar-refractivity contribution >= 4 is 13.2 Å². The van der Waals surface area contributed by atoms with Gasteiger partial charge in [-0.25, -0.2) is 0 Å². The third-order valence-corrected chi connectivity index (χ3v) is 7.78. The van der Waals surface area contributed by atoms with Crippen molar-refractivity contribution in [2.24, 2.45) is 0 Å². The van der Waals surface area contributed by atoms with Crippen molar-refractivity contribution in [2.75, 3.05) is 13.2 Å². The van der Waals surface area contributed by atoms with Crippen LogP contribution in [0, 0.1) is 0 Å². The first kappa shape index (κ1) is 14.3. The summed E-state index contributed by atoms with van der Waals surface area (Å²) in [6.07, 6.45) is 0.0781. The van der Waals surface area contributed by atoms with Gasteiger partial charge in [0.2, 0.25) is 0 Å². The molecule has 2 aliphatic rings. The molecule has 0 aromatic heterocycles. The summed E-state index contributed by atoms with van der Waals surface area (Å²) < 4.78 is 15.4. The van der Waals surface area contributed by atoms with Gasteiger partial charge in [-0.3, -0.25) is 0 Å². The Hall–Kier alpha value is -1.25. The van der Waals surface area contributed by atoms with Crippen LogP contribution in [-0.4, -0.2) is 23.4 Å². The molecule has 0 spiro atoms. The fraction of sp³-hybridized carbons (Fsp3) is 0.333. The zero-order chi connectivity index (χ0) is 15.2. The number of hydrogen-bond acceptors (Lipinski definition) is 3. The van der Waals surface area contributed by atoms with E-state index in [1.165, 1.54) is 10.9 Å². The second kappa shape index (κ2) is 5.14. The molecule has 4 heteroatoms. The van der Waals surface area contributed by atoms with Crippen LogP contribution < -0.4 is 5.30 Å². The second-order valence-electron chi connectivity index (χ2n) is 6.53. The van der Waals surface area contributed by atoms with Gasteiger partial charge in [0, 0.05) is 0 Å². The molecule has 2 fully saturated rings. The maximum atomic E-state index is 6.60. The number of benzene rings is 2. The smallest absolute Gasteiger partial charge is 0.181 e. The Morgan fingerprint density at radius 3 is 2.32 bits per heavy atom. The van der Waals surface area contributed by atoms with Gasteiger partial charge in [0.25, 0.3) is 0 Å². The zero-order valence-corrected chi connectivity index (χ0v) is 13.9. The van der Waals surface area contributed by atoms with Crippen LogP contribution in [0.3, 0.4) is 0 Å². The molecule has 3 nitrogen and oxygen atoms in total. The van der Waals surface area contributed by atoms with Crippen molar-refractivity contribution in [3.63, 3.8) is 0 Å². The Kier molecular flexibility index (Phi) is 3.35. The molecule has 2 unspecified atom stereocenters. The quantitative estimate of drug-likeness (QED) is 0.783. The summed E-state index contributed by atoms with van der Waals surface area (Å²) in [5, 5.41) is 1.18. The van der Waals surface area contributed by atoms with E-state index in [-0.39, 0.29) is 11.6 Å². The van der Waals surface area contributed by atoms with Crippen LogP contribution in [0.25, 0.3) is 0 Å². The molecule has 2 atom stereocenters. The Balaban J connectivity index is 1.76. The minimum absolute atomic E-state index is 0.00709. The van der Waals surface area contributed by atoms with Crippen molar-refractivity contribution in [3.05, 3.63) is 66.2 Å². The van der Waals surface area contributed by atoms with E-state index >= 15 is 0 Å². The first-order valence-electron chi connectivity index (χ1n) is 7.72. The SMILES string of the molecule is CC1(C)CO[P+]2(c3ccccc3)OC(c3ccccc3)CN12. The predicted octanol–water partition coefficient (Wildman–Crippen LogP) is 3.96. The summed E-state index contributed by atoms with van der Waals surface area (Å²) in [7, 11) is -2.17. The lowest BCUT2D eigenvalue weighted by Gasteiger charge is -2.25. The van der Waals surface area contributed by atoms with Gasteiger partial charge in [0.05, 0.1) is 12.1 Å². The largest absolute Gasteiger partial charge is 0.385 e. The van der Waals surface area contributed by atoms with Crippen molar-refractivity contribution in [1.82, 2.24) is 4.67 Å². The van der Waals surface area contributed by atoms with Gasteiger partial charge in [-0.05, 0) is 31.5 Å². The van der Waals surface area contributed by atoms with E-state index in [0.29, 0.717) is 0 Å². The van der Waals surface area contributed by atoms with E-state index in [1.54, 1.807) is 0 Å². The van der Waals surface area contributed by atoms with Gasteiger partial charge in [0.15, 0.2) is 5.30 Å². The lowest BCUT2D eigenvalue weighted by atomic mass is 10.1. The van der Waals surface area contributed by atoms with E-state index in [0.717, 1.165) is 13.2 Å². The topological polar surface area (TPSA) is 21.7 Å². The molecule has 0 amide bonds. The standard InChI is InChI=1S/C18H21NO2P/c1-18(2)14-20-22(16-11-7-4-8-12-16)19(18)13-17(21-22)15-9-5-3-6-10-15/h3-12,17H,13-14H2,1-2H3/q+1. The highest BCUT2D eigenvalue weighted by molar-refractivity contribution is 7.72. The zero-order valence-electron chi connectivity index (χ0n) is 13.0. The number of hydrogen-bond donors (Lipinski definition) is 0. The Morgan fingerprint density at radius 1 is 1.00 bits per heavy atom. The Bertz CT molecular complexity index is 661. The van der Waals surface area contributed by atoms with Crippen LogP contribution in [0.2, 0.25) is 0 Å². The monoisotopic (exact) mass is 314 g/mol. The van der Waals surface area contributed by atoms with E-state index in [1.807, 2.05) is 12.1 Å². The summed E-state index contributed by atoms with van der Waals surface area (Å²) in [5.41, 5.74) is 1.24. The minimum Gasteiger partial charge on any atom is -0.181 e. The van der Waals surface area contributed by atoms with E-state index < -0.39 is 7.87 Å². The summed E-state index contributed by atoms with van der Waals surface area (Å²) in [4.78, 5) is 0. The molecule has 4 rings (SSSR count). The van der Waals surface area contributed by atoms with Crippen LogP contribution in [0.4, 0.5) is 0 Å². The summed E-state index contributed by atoms with van der Waals surface area (Å²) in [6, 6.07) is 20.9. The molecule has 114 valence electrons. The first-order valence-corrected chi connectivity index (χ1v) is 9.30. The summed E-state index contributed by atoms with van der Waals surface area (Å²) >= 11 is 0. The molecule has 2 aromatic rings. The molecule has 0 aliphatic carbocycles. The Labute approximate surface area is 132 Å². The maximum Gasteiger partial charge on any atom is 0.385 e. The Morgan fingerprint density at radius 2 is 1.64 bits per heavy atom. The van der Waals surface area contributed by atoms with Gasteiger partial charge in [0.1, 0.15) is 12.7 Å². The third kappa shape index (κ3) is 2.12. The molecule has 2 heterocycles. The molecular weight excluding hydrogens is 293 g/mol. The van der Waals surface area contributed by atoms with Gasteiger partial charge >= 0.3 is 7.87 Å². The van der Waals surface area contributed by atoms with E-state index in [2.05, 4.69) is 67.0 Å². The number of nitrogens with zero attached hydrogens (tertiary/aromatic N) is 1. The fourth-order valence-electron chi connectivity index (χ4n) is 3.28. The van der Waals surface area contributed by atoms with Crippen LogP contribution >= 0.6 is 7.87 Å². The van der Waals surface area contributed by atoms with Gasteiger partial charge in [-0.1, -0.05) is 48.5 Å². The minimum atomic E-state index is -2.17. The number of rotatable bonds is 2. The highest BCUT2D eigenvalue weighted by Crippen LogP contribution is 2.75. The van der Waals surface area contributed by atoms with Crippen LogP contribution in [0.1, 0.15) is 25.5 Å². The van der Waals surface area contributed by atoms with Crippen molar-refractivity contribution in [3.8, 4) is 0 Å². The lowest BCUT2D eigenvalue weighted by Crippen LogP contribution is -2.39. The normalized spacial score (nSPS) is 30.4. The van der Waals surface area contributed by atoms with Crippen molar-refractivity contribution in [1.29, 1.82) is 0 Å². The van der Waals surface area contributed by atoms with Crippen molar-refractivity contribution < 1.29 is 9.05 Å². The van der Waals surface area contributed by atoms with Crippen LogP contribution in [0.5, 0.6) is 0 Å². The fourth-order valence-corrected chi connectivity index (χ4v) is 6.85. The predicted molar refractivity (Wildman–Crippen MR) is 90.0 cm³/mol. The van der Waals surface area contributed by atoms with E-state index in [4.69, 9.17) is 9.05 Å². The lowest BCUT2D eigenvalue weighted by molar-refractivity contribution is 0.160. The van der Waals surface area contributed by atoms with Gasteiger partial charge in [-0.15, -0.1) is 4.67 Å². The molecule has 22 heavy (non-hydrogen) atoms. The highest BCUT2D eigenvalue weighted by Gasteiger charge is 2.69. The summed E-state index contributed by atoms with van der Waals surface area (Å²) in [6.45, 7) is 6.10. The maximum absolute atomic E-state index is 6.60. The molecule has 0 N–H and O–H groups in total. The molecule has 0 bridgehead atoms. The molecule has 2 aromatic carbocycles. The summed E-state index contributed by atoms with van der Waals surface area (Å²) in [5.74, 6) is 0. The molecule has 2 saturated heterocycles. The first-order chi connectivity index (χ1) is 10.6. The molecule has 2 aliphatic heterocycles. The molecule has 0 saturated carbocycles. The van der Waals surface area contributed by atoms with Crippen molar-refractivity contribution in [2.45, 2.75) is 25.5 Å².